The summed E-state index contributed by atoms with van der Waals surface area (Å²) >= 11 is 7.18. The molecular weight excluding hydrogens is 298 g/mol. The summed E-state index contributed by atoms with van der Waals surface area (Å²) < 4.78 is 6.54. The maximum Gasteiger partial charge on any atom is 0.318 e. The fourth-order valence-corrected chi connectivity index (χ4v) is 2.61. The van der Waals surface area contributed by atoms with Crippen LogP contribution in [-0.4, -0.2) is 33.1 Å². The molecule has 20 heavy (non-hydrogen) atoms. The van der Waals surface area contributed by atoms with E-state index < -0.39 is 0 Å². The lowest BCUT2D eigenvalue weighted by molar-refractivity contribution is -0.139. The third-order valence-electron chi connectivity index (χ3n) is 2.75. The number of hydrogen-bond donors (Lipinski definition) is 0. The Kier molecular flexibility index (Phi) is 4.67. The van der Waals surface area contributed by atoms with Gasteiger partial charge in [-0.25, -0.2) is 0 Å². The van der Waals surface area contributed by atoms with E-state index in [1.165, 1.54) is 18.9 Å². The van der Waals surface area contributed by atoms with Crippen molar-refractivity contribution in [3.8, 4) is 11.4 Å². The largest absolute Gasteiger partial charge is 0.468 e. The Morgan fingerprint density at radius 3 is 2.60 bits per heavy atom. The minimum atomic E-state index is -0.332. The van der Waals surface area contributed by atoms with Gasteiger partial charge >= 0.3 is 5.97 Å². The highest BCUT2D eigenvalue weighted by Gasteiger charge is 2.19. The number of ether oxygens (including phenoxy) is 1. The molecule has 1 atom stereocenters. The second kappa shape index (κ2) is 6.28. The molecule has 1 heterocycles. The molecule has 0 saturated heterocycles. The van der Waals surface area contributed by atoms with Crippen LogP contribution in [0, 0.1) is 0 Å². The number of methoxy groups -OCH3 is 1. The molecule has 0 aliphatic rings. The van der Waals surface area contributed by atoms with Crippen molar-refractivity contribution < 1.29 is 9.53 Å². The summed E-state index contributed by atoms with van der Waals surface area (Å²) in [6.07, 6.45) is 0. The summed E-state index contributed by atoms with van der Waals surface area (Å²) in [5, 5.41) is 9.26. The smallest absolute Gasteiger partial charge is 0.318 e. The SMILES string of the molecule is COC(=O)[C@H](C)Sc1nnc(-c2ccc(Cl)cc2)n1C. The molecule has 0 amide bonds. The molecule has 5 nitrogen and oxygen atoms in total. The summed E-state index contributed by atoms with van der Waals surface area (Å²) in [5.74, 6) is 0.437. The molecule has 2 rings (SSSR count). The van der Waals surface area contributed by atoms with Crippen LogP contribution >= 0.6 is 23.4 Å². The first-order valence-electron chi connectivity index (χ1n) is 5.92. The first-order valence-corrected chi connectivity index (χ1v) is 7.18. The Balaban J connectivity index is 2.23. The molecule has 0 fully saturated rings. The molecule has 1 aromatic carbocycles. The highest BCUT2D eigenvalue weighted by Crippen LogP contribution is 2.26. The van der Waals surface area contributed by atoms with E-state index in [1.54, 1.807) is 19.1 Å². The third kappa shape index (κ3) is 3.13. The van der Waals surface area contributed by atoms with Gasteiger partial charge in [0.1, 0.15) is 5.25 Å². The summed E-state index contributed by atoms with van der Waals surface area (Å²) in [5.41, 5.74) is 0.918. The molecule has 0 unspecified atom stereocenters. The molecule has 0 aliphatic heterocycles. The van der Waals surface area contributed by atoms with Gasteiger partial charge < -0.3 is 9.30 Å². The molecule has 7 heteroatoms. The van der Waals surface area contributed by atoms with Crippen LogP contribution < -0.4 is 0 Å². The van der Waals surface area contributed by atoms with Crippen molar-refractivity contribution in [2.45, 2.75) is 17.3 Å². The van der Waals surface area contributed by atoms with E-state index in [9.17, 15) is 4.79 Å². The van der Waals surface area contributed by atoms with E-state index in [0.29, 0.717) is 10.2 Å². The van der Waals surface area contributed by atoms with Crippen LogP contribution in [0.5, 0.6) is 0 Å². The summed E-state index contributed by atoms with van der Waals surface area (Å²) in [4.78, 5) is 11.4. The molecule has 0 aliphatic carbocycles. The third-order valence-corrected chi connectivity index (χ3v) is 4.12. The van der Waals surface area contributed by atoms with Crippen molar-refractivity contribution in [2.75, 3.05) is 7.11 Å². The van der Waals surface area contributed by atoms with Gasteiger partial charge in [0.05, 0.1) is 7.11 Å². The molecule has 0 bridgehead atoms. The van der Waals surface area contributed by atoms with Gasteiger partial charge in [-0.1, -0.05) is 23.4 Å². The van der Waals surface area contributed by atoms with E-state index in [-0.39, 0.29) is 11.2 Å². The van der Waals surface area contributed by atoms with Crippen molar-refractivity contribution in [1.29, 1.82) is 0 Å². The molecule has 1 aromatic heterocycles. The lowest BCUT2D eigenvalue weighted by atomic mass is 10.2. The van der Waals surface area contributed by atoms with Crippen LogP contribution in [0.15, 0.2) is 29.4 Å². The zero-order valence-corrected chi connectivity index (χ0v) is 12.9. The number of esters is 1. The zero-order valence-electron chi connectivity index (χ0n) is 11.3. The highest BCUT2D eigenvalue weighted by atomic mass is 35.5. The number of halogens is 1. The number of benzene rings is 1. The van der Waals surface area contributed by atoms with Crippen molar-refractivity contribution in [2.24, 2.45) is 7.05 Å². The van der Waals surface area contributed by atoms with Gasteiger partial charge in [0.2, 0.25) is 0 Å². The Hall–Kier alpha value is -1.53. The van der Waals surface area contributed by atoms with Gasteiger partial charge in [-0.3, -0.25) is 4.79 Å². The number of carbonyl (C=O) groups is 1. The second-order valence-electron chi connectivity index (χ2n) is 4.16. The maximum absolute atomic E-state index is 11.4. The zero-order chi connectivity index (χ0) is 14.7. The highest BCUT2D eigenvalue weighted by molar-refractivity contribution is 8.00. The fraction of sp³-hybridized carbons (Fsp3) is 0.308. The maximum atomic E-state index is 11.4. The Labute approximate surface area is 126 Å². The van der Waals surface area contributed by atoms with Crippen molar-refractivity contribution in [3.05, 3.63) is 29.3 Å². The summed E-state index contributed by atoms with van der Waals surface area (Å²) in [6, 6.07) is 7.36. The van der Waals surface area contributed by atoms with E-state index in [0.717, 1.165) is 11.4 Å². The standard InChI is InChI=1S/C13H14ClN3O2S/c1-8(12(18)19-3)20-13-16-15-11(17(13)2)9-4-6-10(14)7-5-9/h4-8H,1-3H3/t8-/m0/s1. The normalized spacial score (nSPS) is 12.2. The van der Waals surface area contributed by atoms with Gasteiger partial charge in [0.25, 0.3) is 0 Å². The van der Waals surface area contributed by atoms with Crippen LogP contribution in [0.4, 0.5) is 0 Å². The van der Waals surface area contributed by atoms with Gasteiger partial charge in [0.15, 0.2) is 11.0 Å². The Morgan fingerprint density at radius 2 is 2.00 bits per heavy atom. The first-order chi connectivity index (χ1) is 9.52. The predicted molar refractivity (Wildman–Crippen MR) is 78.8 cm³/mol. The van der Waals surface area contributed by atoms with Crippen LogP contribution in [0.25, 0.3) is 11.4 Å². The molecule has 0 radical (unpaired) electrons. The van der Waals surface area contributed by atoms with Crippen molar-refractivity contribution in [3.63, 3.8) is 0 Å². The van der Waals surface area contributed by atoms with E-state index >= 15 is 0 Å². The minimum absolute atomic E-state index is 0.286. The van der Waals surface area contributed by atoms with Gasteiger partial charge in [-0.15, -0.1) is 10.2 Å². The van der Waals surface area contributed by atoms with E-state index in [4.69, 9.17) is 16.3 Å². The predicted octanol–water partition coefficient (Wildman–Crippen LogP) is 2.79. The molecule has 0 N–H and O–H groups in total. The van der Waals surface area contributed by atoms with Crippen LogP contribution in [0.1, 0.15) is 6.92 Å². The second-order valence-corrected chi connectivity index (χ2v) is 5.90. The Morgan fingerprint density at radius 1 is 1.35 bits per heavy atom. The minimum Gasteiger partial charge on any atom is -0.468 e. The lowest BCUT2D eigenvalue weighted by Gasteiger charge is -2.08. The molecule has 0 spiro atoms. The van der Waals surface area contributed by atoms with Crippen molar-refractivity contribution >= 4 is 29.3 Å². The van der Waals surface area contributed by atoms with E-state index in [2.05, 4.69) is 10.2 Å². The number of rotatable bonds is 4. The summed E-state index contributed by atoms with van der Waals surface area (Å²) in [7, 11) is 3.23. The summed E-state index contributed by atoms with van der Waals surface area (Å²) in [6.45, 7) is 1.77. The van der Waals surface area contributed by atoms with E-state index in [1.807, 2.05) is 23.7 Å². The van der Waals surface area contributed by atoms with Crippen LogP contribution in [0.2, 0.25) is 5.02 Å². The average Bonchev–Trinajstić information content (AvgIpc) is 2.80. The van der Waals surface area contributed by atoms with Crippen LogP contribution in [-0.2, 0) is 16.6 Å². The van der Waals surface area contributed by atoms with Gasteiger partial charge in [-0.2, -0.15) is 0 Å². The number of nitrogens with zero attached hydrogens (tertiary/aromatic N) is 3. The van der Waals surface area contributed by atoms with Gasteiger partial charge in [0, 0.05) is 17.6 Å². The van der Waals surface area contributed by atoms with Crippen LogP contribution in [0.3, 0.4) is 0 Å². The number of aromatic nitrogens is 3. The number of hydrogen-bond acceptors (Lipinski definition) is 5. The monoisotopic (exact) mass is 311 g/mol. The quantitative estimate of drug-likeness (QED) is 0.642. The molecular formula is C13H14ClN3O2S. The number of carbonyl (C=O) groups excluding carboxylic acids is 1. The first kappa shape index (κ1) is 14.9. The number of thioether (sulfide) groups is 1. The lowest BCUT2D eigenvalue weighted by Crippen LogP contribution is -2.15. The molecule has 2 aromatic rings. The molecule has 106 valence electrons. The van der Waals surface area contributed by atoms with Gasteiger partial charge in [-0.05, 0) is 31.2 Å². The fourth-order valence-electron chi connectivity index (χ4n) is 1.64. The topological polar surface area (TPSA) is 57.0 Å². The average molecular weight is 312 g/mol. The molecule has 0 saturated carbocycles. The Bertz CT molecular complexity index is 613. The van der Waals surface area contributed by atoms with Crippen molar-refractivity contribution in [1.82, 2.24) is 14.8 Å².